The number of nitro benzene ring substituents is 2. The number of hydrogen-bond acceptors (Lipinski definition) is 7. The molecule has 29 heavy (non-hydrogen) atoms. The molecule has 2 rings (SSSR count). The molecule has 0 spiro atoms. The van der Waals surface area contributed by atoms with Gasteiger partial charge >= 0.3 is 5.69 Å². The Labute approximate surface area is 177 Å². The Bertz CT molecular complexity index is 917. The van der Waals surface area contributed by atoms with E-state index in [4.69, 9.17) is 23.2 Å². The van der Waals surface area contributed by atoms with E-state index in [9.17, 15) is 20.2 Å². The summed E-state index contributed by atoms with van der Waals surface area (Å²) in [5.74, 6) is 0.966. The van der Waals surface area contributed by atoms with Crippen molar-refractivity contribution in [2.24, 2.45) is 5.10 Å². The number of anilines is 2. The predicted molar refractivity (Wildman–Crippen MR) is 116 cm³/mol. The molecule has 0 aliphatic rings. The molecule has 9 nitrogen and oxygen atoms in total. The van der Waals surface area contributed by atoms with E-state index in [2.05, 4.69) is 15.4 Å². The Balaban J connectivity index is 2.18. The molecule has 0 fully saturated rings. The third-order valence-corrected chi connectivity index (χ3v) is 4.44. The van der Waals surface area contributed by atoms with Gasteiger partial charge < -0.3 is 4.90 Å². The summed E-state index contributed by atoms with van der Waals surface area (Å²) in [5.41, 5.74) is 4.58. The third-order valence-electron chi connectivity index (χ3n) is 4.10. The van der Waals surface area contributed by atoms with Gasteiger partial charge in [-0.15, -0.1) is 23.2 Å². The molecule has 0 aliphatic carbocycles. The number of nitrogens with one attached hydrogen (secondary N) is 1. The molecule has 0 atom stereocenters. The summed E-state index contributed by atoms with van der Waals surface area (Å²) >= 11 is 11.7. The second-order valence-electron chi connectivity index (χ2n) is 5.99. The maximum atomic E-state index is 11.2. The van der Waals surface area contributed by atoms with E-state index in [-0.39, 0.29) is 11.4 Å². The van der Waals surface area contributed by atoms with Crippen LogP contribution in [0.25, 0.3) is 0 Å². The lowest BCUT2D eigenvalue weighted by Gasteiger charge is -2.23. The quantitative estimate of drug-likeness (QED) is 0.251. The zero-order valence-corrected chi connectivity index (χ0v) is 17.1. The molecule has 0 saturated carbocycles. The van der Waals surface area contributed by atoms with Crippen molar-refractivity contribution in [3.8, 4) is 0 Å². The Hall–Kier alpha value is -2.91. The van der Waals surface area contributed by atoms with Crippen LogP contribution in [0, 0.1) is 27.2 Å². The van der Waals surface area contributed by atoms with Gasteiger partial charge in [0.1, 0.15) is 5.69 Å². The van der Waals surface area contributed by atoms with Crippen molar-refractivity contribution in [3.05, 3.63) is 67.8 Å². The lowest BCUT2D eigenvalue weighted by molar-refractivity contribution is -0.393. The summed E-state index contributed by atoms with van der Waals surface area (Å²) in [7, 11) is 0. The van der Waals surface area contributed by atoms with Gasteiger partial charge in [-0.2, -0.15) is 5.10 Å². The molecule has 0 aliphatic heterocycles. The highest BCUT2D eigenvalue weighted by Crippen LogP contribution is 2.29. The normalized spacial score (nSPS) is 10.9. The lowest BCUT2D eigenvalue weighted by Crippen LogP contribution is -2.27. The van der Waals surface area contributed by atoms with E-state index in [1.807, 2.05) is 25.1 Å². The molecule has 0 radical (unpaired) electrons. The number of non-ortho nitro benzene ring substituents is 1. The first kappa shape index (κ1) is 22.4. The highest BCUT2D eigenvalue weighted by Gasteiger charge is 2.19. The van der Waals surface area contributed by atoms with E-state index in [1.165, 1.54) is 18.3 Å². The van der Waals surface area contributed by atoms with Crippen LogP contribution >= 0.6 is 23.2 Å². The van der Waals surface area contributed by atoms with Crippen molar-refractivity contribution < 1.29 is 9.85 Å². The fraction of sp³-hybridized carbons (Fsp3) is 0.278. The summed E-state index contributed by atoms with van der Waals surface area (Å²) in [6.07, 6.45) is 1.53. The number of alkyl halides is 2. The van der Waals surface area contributed by atoms with Gasteiger partial charge in [-0.05, 0) is 36.2 Å². The predicted octanol–water partition coefficient (Wildman–Crippen LogP) is 4.54. The van der Waals surface area contributed by atoms with E-state index in [0.29, 0.717) is 24.8 Å². The van der Waals surface area contributed by atoms with Gasteiger partial charge in [-0.1, -0.05) is 6.07 Å². The number of halogens is 2. The molecule has 154 valence electrons. The second-order valence-corrected chi connectivity index (χ2v) is 6.75. The molecular weight excluding hydrogens is 421 g/mol. The van der Waals surface area contributed by atoms with E-state index in [0.717, 1.165) is 22.9 Å². The molecule has 0 saturated heterocycles. The average molecular weight is 440 g/mol. The van der Waals surface area contributed by atoms with E-state index >= 15 is 0 Å². The highest BCUT2D eigenvalue weighted by atomic mass is 35.5. The minimum atomic E-state index is -0.701. The zero-order valence-electron chi connectivity index (χ0n) is 15.5. The van der Waals surface area contributed by atoms with Crippen LogP contribution in [0.2, 0.25) is 0 Å². The van der Waals surface area contributed by atoms with Gasteiger partial charge in [0.25, 0.3) is 5.69 Å². The largest absolute Gasteiger partial charge is 0.369 e. The first-order chi connectivity index (χ1) is 13.9. The number of benzene rings is 2. The Morgan fingerprint density at radius 2 is 1.76 bits per heavy atom. The SMILES string of the molecule is Cc1cc(N(CCCl)CCCl)ccc1C=NNc1ccc([N+](=O)[O-])cc1[N+](=O)[O-]. The van der Waals surface area contributed by atoms with Gasteiger partial charge in [0.2, 0.25) is 0 Å². The first-order valence-corrected chi connectivity index (χ1v) is 9.63. The minimum Gasteiger partial charge on any atom is -0.369 e. The van der Waals surface area contributed by atoms with Gasteiger partial charge in [0, 0.05) is 36.6 Å². The minimum absolute atomic E-state index is 0.0570. The molecule has 1 N–H and O–H groups in total. The van der Waals surface area contributed by atoms with Crippen LogP contribution in [0.4, 0.5) is 22.7 Å². The highest BCUT2D eigenvalue weighted by molar-refractivity contribution is 6.18. The van der Waals surface area contributed by atoms with Crippen molar-refractivity contribution in [2.45, 2.75) is 6.92 Å². The maximum Gasteiger partial charge on any atom is 0.301 e. The summed E-state index contributed by atoms with van der Waals surface area (Å²) in [4.78, 5) is 22.6. The molecule has 11 heteroatoms. The summed E-state index contributed by atoms with van der Waals surface area (Å²) in [5, 5.41) is 26.0. The van der Waals surface area contributed by atoms with Crippen LogP contribution in [0.15, 0.2) is 41.5 Å². The Morgan fingerprint density at radius 3 is 2.31 bits per heavy atom. The third kappa shape index (κ3) is 6.03. The number of nitrogens with zero attached hydrogens (tertiary/aromatic N) is 4. The Morgan fingerprint density at radius 1 is 1.07 bits per heavy atom. The van der Waals surface area contributed by atoms with Crippen LogP contribution in [0.1, 0.15) is 11.1 Å². The molecule has 2 aromatic carbocycles. The molecule has 2 aromatic rings. The Kier molecular flexibility index (Phi) is 8.17. The van der Waals surface area contributed by atoms with Crippen molar-refractivity contribution in [3.63, 3.8) is 0 Å². The van der Waals surface area contributed by atoms with E-state index in [1.54, 1.807) is 0 Å². The molecule has 0 aromatic heterocycles. The fourth-order valence-electron chi connectivity index (χ4n) is 2.63. The molecular formula is C18H19Cl2N5O4. The number of aryl methyl sites for hydroxylation is 1. The molecule has 0 bridgehead atoms. The smallest absolute Gasteiger partial charge is 0.301 e. The van der Waals surface area contributed by atoms with Gasteiger partial charge in [-0.25, -0.2) is 0 Å². The number of nitro groups is 2. The van der Waals surface area contributed by atoms with Gasteiger partial charge in [-0.3, -0.25) is 25.7 Å². The first-order valence-electron chi connectivity index (χ1n) is 8.56. The summed E-state index contributed by atoms with van der Waals surface area (Å²) in [6, 6.07) is 9.08. The number of hydrazone groups is 1. The van der Waals surface area contributed by atoms with Crippen LogP contribution in [0.3, 0.4) is 0 Å². The van der Waals surface area contributed by atoms with Crippen LogP contribution < -0.4 is 10.3 Å². The maximum absolute atomic E-state index is 11.2. The standard InChI is InChI=1S/C18H19Cl2N5O4/c1-13-10-15(23(8-6-19)9-7-20)3-2-14(13)12-21-22-17-5-4-16(24(26)27)11-18(17)25(28)29/h2-5,10-12,22H,6-9H2,1H3. The topological polar surface area (TPSA) is 114 Å². The fourth-order valence-corrected chi connectivity index (χ4v) is 3.03. The average Bonchev–Trinajstić information content (AvgIpc) is 2.68. The molecule has 0 amide bonds. The van der Waals surface area contributed by atoms with E-state index < -0.39 is 15.5 Å². The monoisotopic (exact) mass is 439 g/mol. The van der Waals surface area contributed by atoms with Gasteiger partial charge in [0.15, 0.2) is 0 Å². The summed E-state index contributed by atoms with van der Waals surface area (Å²) < 4.78 is 0. The number of hydrogen-bond donors (Lipinski definition) is 1. The summed E-state index contributed by atoms with van der Waals surface area (Å²) in [6.45, 7) is 3.26. The number of rotatable bonds is 10. The van der Waals surface area contributed by atoms with Crippen LogP contribution in [-0.2, 0) is 0 Å². The van der Waals surface area contributed by atoms with Crippen molar-refractivity contribution in [1.82, 2.24) is 0 Å². The van der Waals surface area contributed by atoms with Crippen molar-refractivity contribution >= 4 is 52.2 Å². The molecule has 0 heterocycles. The molecule has 0 unspecified atom stereocenters. The zero-order chi connectivity index (χ0) is 21.4. The van der Waals surface area contributed by atoms with Crippen molar-refractivity contribution in [2.75, 3.05) is 35.2 Å². The lowest BCUT2D eigenvalue weighted by atomic mass is 10.1. The van der Waals surface area contributed by atoms with Crippen LogP contribution in [0.5, 0.6) is 0 Å². The van der Waals surface area contributed by atoms with Crippen LogP contribution in [-0.4, -0.2) is 40.9 Å². The second kappa shape index (κ2) is 10.6. The van der Waals surface area contributed by atoms with Gasteiger partial charge in [0.05, 0.1) is 22.1 Å². The van der Waals surface area contributed by atoms with Crippen molar-refractivity contribution in [1.29, 1.82) is 0 Å².